The molecule has 0 saturated carbocycles. The van der Waals surface area contributed by atoms with Crippen LogP contribution in [-0.2, 0) is 16.1 Å². The molecule has 1 saturated heterocycles. The van der Waals surface area contributed by atoms with Crippen molar-refractivity contribution in [1.29, 1.82) is 0 Å². The van der Waals surface area contributed by atoms with Crippen molar-refractivity contribution in [2.24, 2.45) is 5.92 Å². The van der Waals surface area contributed by atoms with E-state index in [0.717, 1.165) is 22.0 Å². The average molecular weight is 397 g/mol. The fourth-order valence-corrected chi connectivity index (χ4v) is 4.20. The van der Waals surface area contributed by atoms with Crippen molar-refractivity contribution in [3.05, 3.63) is 64.4 Å². The van der Waals surface area contributed by atoms with E-state index in [2.05, 4.69) is 29.2 Å². The van der Waals surface area contributed by atoms with E-state index in [9.17, 15) is 4.79 Å². The van der Waals surface area contributed by atoms with E-state index in [1.807, 2.05) is 46.6 Å². The molecule has 2 aromatic heterocycles. The first-order valence-electron chi connectivity index (χ1n) is 9.55. The van der Waals surface area contributed by atoms with Gasteiger partial charge in [-0.25, -0.2) is 9.67 Å². The van der Waals surface area contributed by atoms with E-state index in [4.69, 9.17) is 4.74 Å². The quantitative estimate of drug-likeness (QED) is 0.687. The predicted octanol–water partition coefficient (Wildman–Crippen LogP) is 3.85. The van der Waals surface area contributed by atoms with Crippen LogP contribution >= 0.6 is 11.3 Å². The number of aromatic nitrogens is 3. The Morgan fingerprint density at radius 2 is 2.18 bits per heavy atom. The van der Waals surface area contributed by atoms with Gasteiger partial charge in [0.15, 0.2) is 0 Å². The molecule has 1 aliphatic rings. The number of amides is 1. The number of ether oxygens (including phenoxy) is 1. The van der Waals surface area contributed by atoms with Gasteiger partial charge in [-0.3, -0.25) is 4.79 Å². The van der Waals surface area contributed by atoms with Gasteiger partial charge in [-0.05, 0) is 18.6 Å². The molecule has 6 nitrogen and oxygen atoms in total. The summed E-state index contributed by atoms with van der Waals surface area (Å²) in [6.07, 6.45) is 4.18. The third kappa shape index (κ3) is 4.00. The highest BCUT2D eigenvalue weighted by Crippen LogP contribution is 2.35. The molecule has 3 heterocycles. The molecule has 0 unspecified atom stereocenters. The van der Waals surface area contributed by atoms with Gasteiger partial charge < -0.3 is 10.1 Å². The maximum absolute atomic E-state index is 12.8. The van der Waals surface area contributed by atoms with Gasteiger partial charge >= 0.3 is 0 Å². The molecule has 7 heteroatoms. The summed E-state index contributed by atoms with van der Waals surface area (Å²) in [6.45, 7) is 5.27. The zero-order valence-corrected chi connectivity index (χ0v) is 16.9. The zero-order valence-electron chi connectivity index (χ0n) is 16.0. The normalized spacial score (nSPS) is 19.2. The number of nitrogens with zero attached hydrogens (tertiary/aromatic N) is 3. The van der Waals surface area contributed by atoms with E-state index in [-0.39, 0.29) is 17.9 Å². The van der Waals surface area contributed by atoms with Gasteiger partial charge in [-0.1, -0.05) is 32.0 Å². The summed E-state index contributed by atoms with van der Waals surface area (Å²) >= 11 is 1.64. The summed E-state index contributed by atoms with van der Waals surface area (Å²) in [6, 6.07) is 9.91. The second-order valence-electron chi connectivity index (χ2n) is 7.29. The van der Waals surface area contributed by atoms with Gasteiger partial charge in [0.1, 0.15) is 0 Å². The minimum Gasteiger partial charge on any atom is -0.373 e. The topological polar surface area (TPSA) is 69.0 Å². The van der Waals surface area contributed by atoms with Crippen LogP contribution in [0, 0.1) is 5.92 Å². The maximum Gasteiger partial charge on any atom is 0.226 e. The lowest BCUT2D eigenvalue weighted by atomic mass is 9.96. The standard InChI is InChI=1S/C21H24N4O2S/c1-14(2)21-24-16(13-28-21)11-22-20(26)18-8-9-27-19(18)15-10-23-25(12-15)17-6-4-3-5-7-17/h3-7,10,12-14,18-19H,8-9,11H2,1-2H3,(H,22,26)/t18-,19+/m0/s1. The van der Waals surface area contributed by atoms with Crippen LogP contribution in [0.1, 0.15) is 48.6 Å². The highest BCUT2D eigenvalue weighted by molar-refractivity contribution is 7.09. The Balaban J connectivity index is 1.41. The highest BCUT2D eigenvalue weighted by Gasteiger charge is 2.36. The van der Waals surface area contributed by atoms with Crippen LogP contribution in [-0.4, -0.2) is 27.3 Å². The molecule has 146 valence electrons. The number of carbonyl (C=O) groups excluding carboxylic acids is 1. The summed E-state index contributed by atoms with van der Waals surface area (Å²) in [5.41, 5.74) is 2.82. The Hall–Kier alpha value is -2.51. The number of nitrogens with one attached hydrogen (secondary N) is 1. The molecule has 1 aliphatic heterocycles. The van der Waals surface area contributed by atoms with Gasteiger partial charge in [-0.2, -0.15) is 5.10 Å². The summed E-state index contributed by atoms with van der Waals surface area (Å²) in [5.74, 6) is 0.203. The molecule has 0 spiro atoms. The van der Waals surface area contributed by atoms with Gasteiger partial charge in [0.25, 0.3) is 0 Å². The van der Waals surface area contributed by atoms with E-state index < -0.39 is 0 Å². The van der Waals surface area contributed by atoms with Gasteiger partial charge in [0, 0.05) is 29.7 Å². The zero-order chi connectivity index (χ0) is 19.5. The lowest BCUT2D eigenvalue weighted by molar-refractivity contribution is -0.127. The average Bonchev–Trinajstić information content (AvgIpc) is 3.46. The summed E-state index contributed by atoms with van der Waals surface area (Å²) in [7, 11) is 0. The van der Waals surface area contributed by atoms with Crippen molar-refractivity contribution >= 4 is 17.2 Å². The number of benzene rings is 1. The number of carbonyl (C=O) groups is 1. The number of thiazole rings is 1. The number of para-hydroxylation sites is 1. The fraction of sp³-hybridized carbons (Fsp3) is 0.381. The second-order valence-corrected chi connectivity index (χ2v) is 8.18. The molecular weight excluding hydrogens is 372 g/mol. The number of hydrogen-bond acceptors (Lipinski definition) is 5. The number of hydrogen-bond donors (Lipinski definition) is 1. The monoisotopic (exact) mass is 396 g/mol. The lowest BCUT2D eigenvalue weighted by Gasteiger charge is -2.16. The molecule has 0 bridgehead atoms. The van der Waals surface area contributed by atoms with Crippen molar-refractivity contribution in [2.75, 3.05) is 6.61 Å². The van der Waals surface area contributed by atoms with Crippen molar-refractivity contribution in [1.82, 2.24) is 20.1 Å². The third-order valence-electron chi connectivity index (χ3n) is 4.89. The highest BCUT2D eigenvalue weighted by atomic mass is 32.1. The largest absolute Gasteiger partial charge is 0.373 e. The molecule has 1 N–H and O–H groups in total. The second kappa shape index (κ2) is 8.24. The first kappa shape index (κ1) is 18.8. The molecule has 1 fully saturated rings. The summed E-state index contributed by atoms with van der Waals surface area (Å²) < 4.78 is 7.70. The Morgan fingerprint density at radius 1 is 1.36 bits per heavy atom. The van der Waals surface area contributed by atoms with Crippen molar-refractivity contribution in [3.63, 3.8) is 0 Å². The Labute approximate surface area is 168 Å². The molecule has 28 heavy (non-hydrogen) atoms. The van der Waals surface area contributed by atoms with Crippen LogP contribution < -0.4 is 5.32 Å². The molecule has 2 atom stereocenters. The minimum absolute atomic E-state index is 0.00839. The first-order valence-corrected chi connectivity index (χ1v) is 10.4. The van der Waals surface area contributed by atoms with Crippen molar-refractivity contribution in [3.8, 4) is 5.69 Å². The van der Waals surface area contributed by atoms with Crippen molar-refractivity contribution in [2.45, 2.75) is 38.8 Å². The van der Waals surface area contributed by atoms with Crippen LogP contribution in [0.4, 0.5) is 0 Å². The maximum atomic E-state index is 12.8. The van der Waals surface area contributed by atoms with E-state index >= 15 is 0 Å². The summed E-state index contributed by atoms with van der Waals surface area (Å²) in [4.78, 5) is 17.4. The first-order chi connectivity index (χ1) is 13.6. The minimum atomic E-state index is -0.265. The van der Waals surface area contributed by atoms with Crippen LogP contribution in [0.25, 0.3) is 5.69 Å². The molecule has 3 aromatic rings. The van der Waals surface area contributed by atoms with Crippen LogP contribution in [0.15, 0.2) is 48.1 Å². The van der Waals surface area contributed by atoms with Crippen molar-refractivity contribution < 1.29 is 9.53 Å². The Bertz CT molecular complexity index is 935. The van der Waals surface area contributed by atoms with Gasteiger partial charge in [-0.15, -0.1) is 11.3 Å². The van der Waals surface area contributed by atoms with E-state index in [0.29, 0.717) is 25.5 Å². The van der Waals surface area contributed by atoms with Gasteiger partial charge in [0.2, 0.25) is 5.91 Å². The molecule has 0 radical (unpaired) electrons. The van der Waals surface area contributed by atoms with Crippen LogP contribution in [0.5, 0.6) is 0 Å². The van der Waals surface area contributed by atoms with Gasteiger partial charge in [0.05, 0.1) is 41.2 Å². The van der Waals surface area contributed by atoms with Crippen LogP contribution in [0.3, 0.4) is 0 Å². The lowest BCUT2D eigenvalue weighted by Crippen LogP contribution is -2.32. The summed E-state index contributed by atoms with van der Waals surface area (Å²) in [5, 5.41) is 10.6. The molecule has 4 rings (SSSR count). The predicted molar refractivity (Wildman–Crippen MR) is 108 cm³/mol. The molecule has 1 aromatic carbocycles. The number of rotatable bonds is 6. The van der Waals surface area contributed by atoms with Crippen LogP contribution in [0.2, 0.25) is 0 Å². The fourth-order valence-electron chi connectivity index (χ4n) is 3.37. The Kier molecular flexibility index (Phi) is 5.54. The molecular formula is C21H24N4O2S. The van der Waals surface area contributed by atoms with E-state index in [1.54, 1.807) is 17.5 Å². The molecule has 0 aliphatic carbocycles. The molecule has 1 amide bonds. The van der Waals surface area contributed by atoms with E-state index in [1.165, 1.54) is 0 Å². The smallest absolute Gasteiger partial charge is 0.226 e. The Morgan fingerprint density at radius 3 is 2.93 bits per heavy atom. The third-order valence-corrected chi connectivity index (χ3v) is 6.08. The SMILES string of the molecule is CC(C)c1nc(CNC(=O)[C@H]2CCO[C@@H]2c2cnn(-c3ccccc3)c2)cs1.